The number of rotatable bonds is 4. The van der Waals surface area contributed by atoms with Crippen LogP contribution in [0.5, 0.6) is 0 Å². The van der Waals surface area contributed by atoms with Gasteiger partial charge in [0, 0.05) is 6.07 Å². The van der Waals surface area contributed by atoms with E-state index in [-0.39, 0.29) is 12.1 Å². The van der Waals surface area contributed by atoms with E-state index in [4.69, 9.17) is 0 Å². The summed E-state index contributed by atoms with van der Waals surface area (Å²) < 4.78 is 77.3. The summed E-state index contributed by atoms with van der Waals surface area (Å²) in [6.45, 7) is -2.77. The molecule has 0 radical (unpaired) electrons. The fourth-order valence-corrected chi connectivity index (χ4v) is 1.07. The van der Waals surface area contributed by atoms with Crippen molar-refractivity contribution >= 4 is 5.78 Å². The zero-order valence-corrected chi connectivity index (χ0v) is 8.65. The normalized spacial score (nSPS) is 11.7. The van der Waals surface area contributed by atoms with Crippen LogP contribution in [0, 0.1) is 17.5 Å². The fraction of sp³-hybridized carbons (Fsp3) is 0.300. The van der Waals surface area contributed by atoms with Crippen LogP contribution < -0.4 is 0 Å². The lowest BCUT2D eigenvalue weighted by Gasteiger charge is -2.07. The van der Waals surface area contributed by atoms with E-state index in [2.05, 4.69) is 4.74 Å². The Balaban J connectivity index is 2.70. The quantitative estimate of drug-likeness (QED) is 0.478. The number of ketones is 1. The van der Waals surface area contributed by atoms with Crippen LogP contribution in [0.25, 0.3) is 0 Å². The van der Waals surface area contributed by atoms with Gasteiger partial charge in [0.25, 0.3) is 0 Å². The first-order valence-corrected chi connectivity index (χ1v) is 4.53. The lowest BCUT2D eigenvalue weighted by atomic mass is 10.1. The highest BCUT2D eigenvalue weighted by atomic mass is 19.4. The third kappa shape index (κ3) is 4.02. The van der Waals surface area contributed by atoms with E-state index < -0.39 is 48.2 Å². The van der Waals surface area contributed by atoms with Gasteiger partial charge in [-0.05, 0) is 6.07 Å². The van der Waals surface area contributed by atoms with E-state index >= 15 is 0 Å². The van der Waals surface area contributed by atoms with E-state index in [0.29, 0.717) is 0 Å². The monoisotopic (exact) mass is 272 g/mol. The minimum absolute atomic E-state index is 0.131. The maximum atomic E-state index is 13.0. The Kier molecular flexibility index (Phi) is 4.33. The first-order valence-electron chi connectivity index (χ1n) is 4.53. The molecular weight excluding hydrogens is 266 g/mol. The van der Waals surface area contributed by atoms with Gasteiger partial charge < -0.3 is 4.74 Å². The van der Waals surface area contributed by atoms with E-state index in [1.807, 2.05) is 0 Å². The minimum atomic E-state index is -4.63. The van der Waals surface area contributed by atoms with Gasteiger partial charge >= 0.3 is 6.18 Å². The van der Waals surface area contributed by atoms with Gasteiger partial charge in [-0.15, -0.1) is 0 Å². The first kappa shape index (κ1) is 14.5. The van der Waals surface area contributed by atoms with Gasteiger partial charge in [0.15, 0.2) is 17.4 Å². The number of alkyl halides is 3. The highest BCUT2D eigenvalue weighted by molar-refractivity contribution is 5.97. The molecule has 0 aliphatic carbocycles. The molecule has 0 bridgehead atoms. The lowest BCUT2D eigenvalue weighted by Crippen LogP contribution is -2.21. The Morgan fingerprint density at radius 1 is 1.06 bits per heavy atom. The van der Waals surface area contributed by atoms with Crippen molar-refractivity contribution < 1.29 is 35.9 Å². The average molecular weight is 272 g/mol. The molecule has 18 heavy (non-hydrogen) atoms. The summed E-state index contributed by atoms with van der Waals surface area (Å²) in [6.07, 6.45) is -4.63. The maximum Gasteiger partial charge on any atom is 0.411 e. The Bertz CT molecular complexity index is 454. The molecule has 0 saturated heterocycles. The van der Waals surface area contributed by atoms with Crippen LogP contribution in [0.1, 0.15) is 10.4 Å². The summed E-state index contributed by atoms with van der Waals surface area (Å²) >= 11 is 0. The van der Waals surface area contributed by atoms with Crippen LogP contribution in [0.2, 0.25) is 0 Å². The molecule has 0 amide bonds. The average Bonchev–Trinajstić information content (AvgIpc) is 2.21. The van der Waals surface area contributed by atoms with Crippen LogP contribution in [-0.4, -0.2) is 25.2 Å². The predicted molar refractivity (Wildman–Crippen MR) is 47.5 cm³/mol. The number of carbonyl (C=O) groups excluding carboxylic acids is 1. The van der Waals surface area contributed by atoms with Crippen molar-refractivity contribution in [2.24, 2.45) is 0 Å². The standard InChI is InChI=1S/C10H6F6O2/c11-6-2-8(13)7(12)1-5(6)9(17)3-18-4-10(14,15)16/h1-2H,3-4H2. The molecule has 2 nitrogen and oxygen atoms in total. The Hall–Kier alpha value is -1.57. The van der Waals surface area contributed by atoms with Gasteiger partial charge in [0.2, 0.25) is 0 Å². The summed E-state index contributed by atoms with van der Waals surface area (Å²) in [7, 11) is 0. The smallest absolute Gasteiger partial charge is 0.364 e. The molecule has 0 unspecified atom stereocenters. The zero-order chi connectivity index (χ0) is 13.9. The molecule has 1 rings (SSSR count). The largest absolute Gasteiger partial charge is 0.411 e. The Labute approximate surface area is 97.2 Å². The zero-order valence-electron chi connectivity index (χ0n) is 8.65. The third-order valence-corrected chi connectivity index (χ3v) is 1.81. The van der Waals surface area contributed by atoms with E-state index in [1.54, 1.807) is 0 Å². The second kappa shape index (κ2) is 5.38. The van der Waals surface area contributed by atoms with Crippen molar-refractivity contribution in [1.29, 1.82) is 0 Å². The van der Waals surface area contributed by atoms with Crippen molar-refractivity contribution in [1.82, 2.24) is 0 Å². The molecule has 1 aromatic carbocycles. The van der Waals surface area contributed by atoms with Crippen molar-refractivity contribution in [3.8, 4) is 0 Å². The predicted octanol–water partition coefficient (Wildman–Crippen LogP) is 2.87. The molecule has 0 heterocycles. The summed E-state index contributed by atoms with van der Waals surface area (Å²) in [6, 6.07) is 0.399. The minimum Gasteiger partial charge on any atom is -0.364 e. The van der Waals surface area contributed by atoms with Crippen molar-refractivity contribution in [3.05, 3.63) is 35.1 Å². The van der Waals surface area contributed by atoms with E-state index in [9.17, 15) is 31.1 Å². The molecule has 100 valence electrons. The number of hydrogen-bond acceptors (Lipinski definition) is 2. The highest BCUT2D eigenvalue weighted by Crippen LogP contribution is 2.16. The summed E-state index contributed by atoms with van der Waals surface area (Å²) in [4.78, 5) is 11.2. The number of benzene rings is 1. The summed E-state index contributed by atoms with van der Waals surface area (Å²) in [5, 5.41) is 0. The van der Waals surface area contributed by atoms with Crippen molar-refractivity contribution in [2.75, 3.05) is 13.2 Å². The van der Waals surface area contributed by atoms with Crippen LogP contribution in [0.15, 0.2) is 12.1 Å². The number of ether oxygens (including phenoxy) is 1. The van der Waals surface area contributed by atoms with Gasteiger partial charge in [-0.25, -0.2) is 13.2 Å². The molecule has 0 aliphatic heterocycles. The van der Waals surface area contributed by atoms with Crippen LogP contribution >= 0.6 is 0 Å². The van der Waals surface area contributed by atoms with Crippen LogP contribution in [0.4, 0.5) is 26.3 Å². The van der Waals surface area contributed by atoms with Crippen molar-refractivity contribution in [2.45, 2.75) is 6.18 Å². The summed E-state index contributed by atoms with van der Waals surface area (Å²) in [5.41, 5.74) is -0.865. The second-order valence-electron chi connectivity index (χ2n) is 3.28. The van der Waals surface area contributed by atoms with Crippen molar-refractivity contribution in [3.63, 3.8) is 0 Å². The Morgan fingerprint density at radius 3 is 2.17 bits per heavy atom. The van der Waals surface area contributed by atoms with Crippen LogP contribution in [0.3, 0.4) is 0 Å². The number of carbonyl (C=O) groups is 1. The van der Waals surface area contributed by atoms with Gasteiger partial charge in [-0.2, -0.15) is 13.2 Å². The topological polar surface area (TPSA) is 26.3 Å². The fourth-order valence-electron chi connectivity index (χ4n) is 1.07. The second-order valence-corrected chi connectivity index (χ2v) is 3.28. The first-order chi connectivity index (χ1) is 8.20. The number of hydrogen-bond donors (Lipinski definition) is 0. The molecule has 0 atom stereocenters. The maximum absolute atomic E-state index is 13.0. The highest BCUT2D eigenvalue weighted by Gasteiger charge is 2.28. The lowest BCUT2D eigenvalue weighted by molar-refractivity contribution is -0.170. The molecular formula is C10H6F6O2. The van der Waals surface area contributed by atoms with Gasteiger partial charge in [-0.3, -0.25) is 4.79 Å². The van der Waals surface area contributed by atoms with Gasteiger partial charge in [0.1, 0.15) is 19.0 Å². The number of Topliss-reactive ketones (excluding diaryl/α,β-unsaturated/α-hetero) is 1. The summed E-state index contributed by atoms with van der Waals surface area (Å²) in [5.74, 6) is -5.55. The molecule has 0 fully saturated rings. The molecule has 0 saturated carbocycles. The van der Waals surface area contributed by atoms with E-state index in [0.717, 1.165) is 0 Å². The molecule has 0 aliphatic rings. The van der Waals surface area contributed by atoms with Crippen LogP contribution in [-0.2, 0) is 4.74 Å². The molecule has 0 aromatic heterocycles. The number of halogens is 6. The van der Waals surface area contributed by atoms with Gasteiger partial charge in [0.05, 0.1) is 5.56 Å². The SMILES string of the molecule is O=C(COCC(F)(F)F)c1cc(F)c(F)cc1F. The molecule has 0 N–H and O–H groups in total. The molecule has 8 heteroatoms. The molecule has 0 spiro atoms. The molecule has 1 aromatic rings. The van der Waals surface area contributed by atoms with Gasteiger partial charge in [-0.1, -0.05) is 0 Å². The Morgan fingerprint density at radius 2 is 1.61 bits per heavy atom. The van der Waals surface area contributed by atoms with E-state index in [1.165, 1.54) is 0 Å². The third-order valence-electron chi connectivity index (χ3n) is 1.81.